The van der Waals surface area contributed by atoms with Crippen LogP contribution in [-0.4, -0.2) is 39.9 Å². The summed E-state index contributed by atoms with van der Waals surface area (Å²) in [5.41, 5.74) is 6.84. The summed E-state index contributed by atoms with van der Waals surface area (Å²) < 4.78 is 2.15. The highest BCUT2D eigenvalue weighted by molar-refractivity contribution is 6.06. The number of benzene rings is 2. The van der Waals surface area contributed by atoms with Crippen molar-refractivity contribution in [2.24, 2.45) is 15.9 Å². The molecule has 1 saturated carbocycles. The highest BCUT2D eigenvalue weighted by atomic mass is 16.4. The number of rotatable bonds is 5. The maximum absolute atomic E-state index is 11.9. The van der Waals surface area contributed by atoms with E-state index in [0.717, 1.165) is 40.6 Å². The molecule has 7 nitrogen and oxygen atoms in total. The van der Waals surface area contributed by atoms with E-state index in [1.165, 1.54) is 35.5 Å². The summed E-state index contributed by atoms with van der Waals surface area (Å²) in [4.78, 5) is 16.1. The first-order chi connectivity index (χ1) is 17.0. The van der Waals surface area contributed by atoms with E-state index >= 15 is 0 Å². The molecule has 7 heteroatoms. The van der Waals surface area contributed by atoms with Crippen molar-refractivity contribution in [1.29, 1.82) is 0 Å². The van der Waals surface area contributed by atoms with Crippen LogP contribution in [-0.2, 0) is 6.42 Å². The third kappa shape index (κ3) is 4.17. The fraction of sp³-hybridized carbons (Fsp3) is 0.321. The predicted molar refractivity (Wildman–Crippen MR) is 142 cm³/mol. The lowest BCUT2D eigenvalue weighted by Crippen LogP contribution is -2.26. The van der Waals surface area contributed by atoms with Crippen molar-refractivity contribution < 1.29 is 9.90 Å². The second-order valence-electron chi connectivity index (χ2n) is 9.33. The largest absolute Gasteiger partial charge is 0.478 e. The summed E-state index contributed by atoms with van der Waals surface area (Å²) in [6.07, 6.45) is 8.66. The predicted octanol–water partition coefficient (Wildman–Crippen LogP) is 5.66. The van der Waals surface area contributed by atoms with Gasteiger partial charge in [0.05, 0.1) is 23.3 Å². The molecule has 0 saturated heterocycles. The SMILES string of the molecule is C=N/C(=N\N(N)CC)C1=Cn2c(c(C3CCCCC3)c3ccc(C(=O)O)cc32)-c2ccccc2C1. The first-order valence-corrected chi connectivity index (χ1v) is 12.3. The first-order valence-electron chi connectivity index (χ1n) is 12.3. The van der Waals surface area contributed by atoms with Gasteiger partial charge in [0, 0.05) is 29.1 Å². The fourth-order valence-corrected chi connectivity index (χ4v) is 5.52. The summed E-state index contributed by atoms with van der Waals surface area (Å²) in [7, 11) is 0. The van der Waals surface area contributed by atoms with Crippen LogP contribution in [0.3, 0.4) is 0 Å². The number of nitrogens with zero attached hydrogens (tertiary/aromatic N) is 4. The Bertz CT molecular complexity index is 1360. The molecular weight excluding hydrogens is 438 g/mol. The molecule has 0 spiro atoms. The number of hydrogen-bond acceptors (Lipinski definition) is 4. The quantitative estimate of drug-likeness (QED) is 0.218. The number of carbonyl (C=O) groups is 1. The second kappa shape index (κ2) is 9.50. The molecule has 2 heterocycles. The number of nitrogens with two attached hydrogens (primary N) is 1. The van der Waals surface area contributed by atoms with Crippen LogP contribution in [0.4, 0.5) is 0 Å². The van der Waals surface area contributed by atoms with E-state index in [2.05, 4.69) is 45.6 Å². The lowest BCUT2D eigenvalue weighted by atomic mass is 9.81. The van der Waals surface area contributed by atoms with Gasteiger partial charge in [0.15, 0.2) is 5.84 Å². The van der Waals surface area contributed by atoms with Crippen LogP contribution in [0.1, 0.15) is 66.4 Å². The lowest BCUT2D eigenvalue weighted by Gasteiger charge is -2.23. The van der Waals surface area contributed by atoms with E-state index in [0.29, 0.717) is 24.7 Å². The summed E-state index contributed by atoms with van der Waals surface area (Å²) >= 11 is 0. The molecule has 0 radical (unpaired) electrons. The zero-order chi connectivity index (χ0) is 24.5. The van der Waals surface area contributed by atoms with Gasteiger partial charge in [0.1, 0.15) is 0 Å². The number of carboxylic acids is 1. The van der Waals surface area contributed by atoms with Gasteiger partial charge in [-0.1, -0.05) is 49.6 Å². The maximum Gasteiger partial charge on any atom is 0.335 e. The average Bonchev–Trinajstić information content (AvgIpc) is 3.10. The Morgan fingerprint density at radius 1 is 1.20 bits per heavy atom. The smallest absolute Gasteiger partial charge is 0.335 e. The van der Waals surface area contributed by atoms with Crippen LogP contribution >= 0.6 is 0 Å². The number of aromatic nitrogens is 1. The lowest BCUT2D eigenvalue weighted by molar-refractivity contribution is 0.0697. The Labute approximate surface area is 205 Å². The van der Waals surface area contributed by atoms with E-state index < -0.39 is 5.97 Å². The van der Waals surface area contributed by atoms with Crippen LogP contribution < -0.4 is 5.84 Å². The maximum atomic E-state index is 11.9. The molecule has 1 aliphatic heterocycles. The fourth-order valence-electron chi connectivity index (χ4n) is 5.52. The van der Waals surface area contributed by atoms with Crippen LogP contribution in [0, 0.1) is 0 Å². The third-order valence-corrected chi connectivity index (χ3v) is 7.23. The normalized spacial score (nSPS) is 16.3. The number of carboxylic acid groups (broad SMARTS) is 1. The van der Waals surface area contributed by atoms with Crippen molar-refractivity contribution >= 4 is 35.6 Å². The molecule has 3 N–H and O–H groups in total. The van der Waals surface area contributed by atoms with Crippen molar-refractivity contribution in [3.63, 3.8) is 0 Å². The van der Waals surface area contributed by atoms with E-state index in [4.69, 9.17) is 5.84 Å². The minimum atomic E-state index is -0.934. The summed E-state index contributed by atoms with van der Waals surface area (Å²) in [6, 6.07) is 13.9. The molecule has 0 amide bonds. The van der Waals surface area contributed by atoms with Crippen LogP contribution in [0.25, 0.3) is 28.4 Å². The Morgan fingerprint density at radius 3 is 2.69 bits per heavy atom. The minimum absolute atomic E-state index is 0.273. The van der Waals surface area contributed by atoms with Gasteiger partial charge in [0.2, 0.25) is 0 Å². The average molecular weight is 470 g/mol. The Morgan fingerprint density at radius 2 is 1.97 bits per heavy atom. The van der Waals surface area contributed by atoms with Gasteiger partial charge in [-0.05, 0) is 55.7 Å². The van der Waals surface area contributed by atoms with Crippen molar-refractivity contribution in [3.8, 4) is 11.3 Å². The first kappa shape index (κ1) is 23.1. The van der Waals surface area contributed by atoms with Gasteiger partial charge >= 0.3 is 5.97 Å². The molecule has 0 unspecified atom stereocenters. The van der Waals surface area contributed by atoms with Gasteiger partial charge in [-0.3, -0.25) is 0 Å². The molecule has 35 heavy (non-hydrogen) atoms. The van der Waals surface area contributed by atoms with Gasteiger partial charge in [-0.15, -0.1) is 5.10 Å². The van der Waals surface area contributed by atoms with E-state index in [1.54, 1.807) is 12.1 Å². The van der Waals surface area contributed by atoms with E-state index in [-0.39, 0.29) is 5.56 Å². The zero-order valence-corrected chi connectivity index (χ0v) is 20.1. The number of fused-ring (bicyclic) bond motifs is 5. The van der Waals surface area contributed by atoms with Crippen LogP contribution in [0.5, 0.6) is 0 Å². The highest BCUT2D eigenvalue weighted by Gasteiger charge is 2.29. The van der Waals surface area contributed by atoms with Crippen molar-refractivity contribution in [2.45, 2.75) is 51.4 Å². The molecule has 1 aromatic heterocycles. The summed E-state index contributed by atoms with van der Waals surface area (Å²) in [5.74, 6) is 5.96. The molecule has 5 rings (SSSR count). The molecule has 2 aliphatic rings. The third-order valence-electron chi connectivity index (χ3n) is 7.23. The van der Waals surface area contributed by atoms with Gasteiger partial charge in [-0.2, -0.15) is 0 Å². The van der Waals surface area contributed by atoms with Crippen LogP contribution in [0.2, 0.25) is 0 Å². The summed E-state index contributed by atoms with van der Waals surface area (Å²) in [6.45, 7) is 6.21. The molecular formula is C28H31N5O2. The molecule has 0 bridgehead atoms. The Balaban J connectivity index is 1.86. The molecule has 180 valence electrons. The van der Waals surface area contributed by atoms with Crippen molar-refractivity contribution in [3.05, 3.63) is 64.7 Å². The number of aromatic carboxylic acids is 1. The highest BCUT2D eigenvalue weighted by Crippen LogP contribution is 2.46. The molecule has 0 atom stereocenters. The number of hydrazone groups is 1. The molecule has 2 aromatic carbocycles. The van der Waals surface area contributed by atoms with Gasteiger partial charge in [0.25, 0.3) is 0 Å². The standard InChI is InChI=1S/C28H31N5O2/c1-3-33(29)31-27(30-2)21-15-19-11-7-8-12-22(19)26-25(18-9-5-4-6-10-18)23-14-13-20(28(34)35)16-24(23)32(26)17-21/h7-8,11-14,16-18H,2-6,9-10,15,29H2,1H3,(H,34,35)/b31-27-. The minimum Gasteiger partial charge on any atom is -0.478 e. The Hall–Kier alpha value is -3.71. The molecule has 1 aliphatic carbocycles. The number of hydrogen-bond donors (Lipinski definition) is 2. The zero-order valence-electron chi connectivity index (χ0n) is 20.1. The summed E-state index contributed by atoms with van der Waals surface area (Å²) in [5, 5.41) is 16.7. The van der Waals surface area contributed by atoms with Crippen LogP contribution in [0.15, 0.2) is 58.1 Å². The topological polar surface area (TPSA) is 96.2 Å². The monoisotopic (exact) mass is 469 g/mol. The molecule has 1 fully saturated rings. The van der Waals surface area contributed by atoms with Crippen molar-refractivity contribution in [1.82, 2.24) is 9.69 Å². The van der Waals surface area contributed by atoms with E-state index in [1.807, 2.05) is 19.2 Å². The number of hydrazine groups is 1. The second-order valence-corrected chi connectivity index (χ2v) is 9.33. The number of aliphatic imine (C=N–C) groups is 1. The van der Waals surface area contributed by atoms with Gasteiger partial charge in [-0.25, -0.2) is 20.7 Å². The van der Waals surface area contributed by atoms with Gasteiger partial charge < -0.3 is 9.67 Å². The number of amidine groups is 1. The van der Waals surface area contributed by atoms with Crippen molar-refractivity contribution in [2.75, 3.05) is 6.54 Å². The Kier molecular flexibility index (Phi) is 6.26. The molecule has 3 aromatic rings. The van der Waals surface area contributed by atoms with E-state index in [9.17, 15) is 9.90 Å².